The molecule has 5 aliphatic rings. The molecule has 242 valence electrons. The highest BCUT2D eigenvalue weighted by molar-refractivity contribution is 7.99. The molecule has 7 atom stereocenters. The van der Waals surface area contributed by atoms with Gasteiger partial charge in [0.1, 0.15) is 18.4 Å². The van der Waals surface area contributed by atoms with Gasteiger partial charge >= 0.3 is 11.9 Å². The van der Waals surface area contributed by atoms with Crippen LogP contribution in [-0.4, -0.2) is 77.1 Å². The summed E-state index contributed by atoms with van der Waals surface area (Å²) < 4.78 is 29.5. The Kier molecular flexibility index (Phi) is 7.28. The van der Waals surface area contributed by atoms with E-state index in [1.54, 1.807) is 18.7 Å². The number of cyclic esters (lactones) is 1. The number of hydrogen-bond acceptors (Lipinski definition) is 12. The van der Waals surface area contributed by atoms with Crippen molar-refractivity contribution in [2.75, 3.05) is 26.3 Å². The van der Waals surface area contributed by atoms with Gasteiger partial charge in [-0.2, -0.15) is 17.0 Å². The number of carbonyl (C=O) groups excluding carboxylic acids is 3. The predicted molar refractivity (Wildman–Crippen MR) is 164 cm³/mol. The zero-order valence-electron chi connectivity index (χ0n) is 26.4. The van der Waals surface area contributed by atoms with Gasteiger partial charge in [-0.15, -0.1) is 0 Å². The molecule has 1 amide bonds. The Morgan fingerprint density at radius 3 is 2.52 bits per heavy atom. The number of fused-ring (bicyclic) bond motifs is 9. The average molecular weight is 650 g/mol. The summed E-state index contributed by atoms with van der Waals surface area (Å²) >= 11 is 1.47. The number of methoxy groups -OCH3 is 1. The van der Waals surface area contributed by atoms with E-state index in [1.165, 1.54) is 32.7 Å². The molecule has 46 heavy (non-hydrogen) atoms. The van der Waals surface area contributed by atoms with E-state index in [0.717, 1.165) is 11.1 Å². The van der Waals surface area contributed by atoms with E-state index in [4.69, 9.17) is 23.7 Å². The molecular formula is C33H35N3O9S. The van der Waals surface area contributed by atoms with Crippen LogP contribution in [0.5, 0.6) is 28.7 Å². The Bertz CT molecular complexity index is 1740. The molecule has 0 saturated carbocycles. The number of benzene rings is 2. The van der Waals surface area contributed by atoms with E-state index in [0.29, 0.717) is 57.4 Å². The summed E-state index contributed by atoms with van der Waals surface area (Å²) in [4.78, 5) is 43.2. The van der Waals surface area contributed by atoms with Crippen molar-refractivity contribution in [3.8, 4) is 34.8 Å². The fraction of sp³-hybridized carbons (Fsp3) is 0.515. The molecule has 1 N–H and O–H groups in total. The van der Waals surface area contributed by atoms with Crippen LogP contribution < -0.4 is 18.9 Å². The SMILES string of the molecule is COc1c(C)cc2c(c1O)[C@@H]1C3[C@@H]4SCC(C)C(=O)OCC(c5c6c(c(C)c(OC(C)=O)c54)OCO6)N3[C@@H](C#N)[C@H](C2)N1C(C)=O. The van der Waals surface area contributed by atoms with Gasteiger partial charge in [0.25, 0.3) is 0 Å². The molecular weight excluding hydrogens is 614 g/mol. The number of carbonyl (C=O) groups is 3. The van der Waals surface area contributed by atoms with Gasteiger partial charge in [0, 0.05) is 41.9 Å². The van der Waals surface area contributed by atoms with Crippen LogP contribution in [0.15, 0.2) is 6.07 Å². The van der Waals surface area contributed by atoms with Crippen LogP contribution in [0, 0.1) is 31.1 Å². The third kappa shape index (κ3) is 4.19. The first-order valence-corrected chi connectivity index (χ1v) is 16.3. The van der Waals surface area contributed by atoms with Crippen molar-refractivity contribution >= 4 is 29.6 Å². The van der Waals surface area contributed by atoms with Crippen molar-refractivity contribution in [3.05, 3.63) is 39.4 Å². The van der Waals surface area contributed by atoms with E-state index in [2.05, 4.69) is 6.07 Å². The summed E-state index contributed by atoms with van der Waals surface area (Å²) in [7, 11) is 1.49. The molecule has 2 saturated heterocycles. The second kappa shape index (κ2) is 11.0. The van der Waals surface area contributed by atoms with E-state index >= 15 is 0 Å². The van der Waals surface area contributed by atoms with Crippen molar-refractivity contribution in [2.45, 2.75) is 76.5 Å². The summed E-state index contributed by atoms with van der Waals surface area (Å²) in [6.45, 7) is 8.09. The molecule has 2 aromatic carbocycles. The van der Waals surface area contributed by atoms with E-state index in [1.807, 2.05) is 17.9 Å². The number of ether oxygens (including phenoxy) is 5. The Morgan fingerprint density at radius 1 is 1.11 bits per heavy atom. The summed E-state index contributed by atoms with van der Waals surface area (Å²) in [5.74, 6) is 0.223. The van der Waals surface area contributed by atoms with Crippen molar-refractivity contribution in [3.63, 3.8) is 0 Å². The number of aromatic hydroxyl groups is 1. The maximum atomic E-state index is 13.6. The van der Waals surface area contributed by atoms with Crippen LogP contribution in [0.2, 0.25) is 0 Å². The Balaban J connectivity index is 1.59. The van der Waals surface area contributed by atoms with Crippen LogP contribution in [-0.2, 0) is 25.5 Å². The predicted octanol–water partition coefficient (Wildman–Crippen LogP) is 3.78. The van der Waals surface area contributed by atoms with Gasteiger partial charge in [-0.05, 0) is 31.4 Å². The van der Waals surface area contributed by atoms with E-state index in [9.17, 15) is 24.8 Å². The number of amides is 1. The lowest BCUT2D eigenvalue weighted by Gasteiger charge is -2.62. The Morgan fingerprint density at radius 2 is 1.85 bits per heavy atom. The molecule has 5 aliphatic heterocycles. The number of rotatable bonds is 2. The molecule has 12 nitrogen and oxygen atoms in total. The largest absolute Gasteiger partial charge is 0.504 e. The minimum Gasteiger partial charge on any atom is -0.504 e. The number of phenols is 1. The first-order chi connectivity index (χ1) is 22.0. The summed E-state index contributed by atoms with van der Waals surface area (Å²) in [5.41, 5.74) is 4.02. The number of phenolic OH excluding ortho intramolecular Hbond substituents is 1. The molecule has 0 radical (unpaired) electrons. The third-order valence-corrected chi connectivity index (χ3v) is 11.5. The highest BCUT2D eigenvalue weighted by Gasteiger charge is 2.62. The number of thioether (sulfide) groups is 1. The highest BCUT2D eigenvalue weighted by Crippen LogP contribution is 2.64. The first-order valence-electron chi connectivity index (χ1n) is 15.3. The quantitative estimate of drug-likeness (QED) is 0.373. The Hall–Kier alpha value is -4.15. The van der Waals surface area contributed by atoms with Gasteiger partial charge < -0.3 is 33.7 Å². The average Bonchev–Trinajstić information content (AvgIpc) is 3.50. The lowest BCUT2D eigenvalue weighted by molar-refractivity contribution is -0.158. The van der Waals surface area contributed by atoms with Crippen LogP contribution in [0.3, 0.4) is 0 Å². The van der Waals surface area contributed by atoms with Gasteiger partial charge in [-0.25, -0.2) is 0 Å². The second-order valence-corrected chi connectivity index (χ2v) is 13.7. The maximum absolute atomic E-state index is 13.6. The monoisotopic (exact) mass is 649 g/mol. The standard InChI is InChI=1S/C33H35N3O9S/c1-13-7-18-8-19-20(9-34)36-21-10-42-33(40)14(2)11-46-32(26(36)25(35(19)16(4)37)22(18)27(39)28(13)41-6)24-23(21)31-30(43-12-44-31)15(3)29(24)45-17(5)38/h7,14,19-21,25-26,32,39H,8,10-12H2,1-6H3/t14?,19-,20-,21?,25+,26?,32+/m0/s1. The molecule has 0 aromatic heterocycles. The fourth-order valence-corrected chi connectivity index (χ4v) is 9.75. The minimum absolute atomic E-state index is 0.0531. The van der Waals surface area contributed by atoms with E-state index < -0.39 is 47.3 Å². The smallest absolute Gasteiger partial charge is 0.309 e. The zero-order valence-corrected chi connectivity index (χ0v) is 27.2. The lowest BCUT2D eigenvalue weighted by Crippen LogP contribution is -2.70. The molecule has 4 bridgehead atoms. The number of nitriles is 1. The second-order valence-electron chi connectivity index (χ2n) is 12.5. The van der Waals surface area contributed by atoms with Crippen molar-refractivity contribution < 1.29 is 43.2 Å². The van der Waals surface area contributed by atoms with Gasteiger partial charge in [0.05, 0.1) is 48.5 Å². The molecule has 2 fully saturated rings. The zero-order chi connectivity index (χ0) is 32.8. The van der Waals surface area contributed by atoms with Crippen LogP contribution in [0.1, 0.15) is 71.5 Å². The van der Waals surface area contributed by atoms with Gasteiger partial charge in [0.15, 0.2) is 23.0 Å². The first kappa shape index (κ1) is 30.5. The highest BCUT2D eigenvalue weighted by atomic mass is 32.2. The van der Waals surface area contributed by atoms with Crippen molar-refractivity contribution in [2.24, 2.45) is 5.92 Å². The molecule has 2 aromatic rings. The van der Waals surface area contributed by atoms with Gasteiger partial charge in [0.2, 0.25) is 12.7 Å². The third-order valence-electron chi connectivity index (χ3n) is 9.92. The van der Waals surface area contributed by atoms with Crippen molar-refractivity contribution in [1.82, 2.24) is 9.80 Å². The normalized spacial score (nSPS) is 29.1. The van der Waals surface area contributed by atoms with Gasteiger partial charge in [-0.3, -0.25) is 19.3 Å². The molecule has 0 aliphatic carbocycles. The van der Waals surface area contributed by atoms with Crippen LogP contribution in [0.25, 0.3) is 0 Å². The number of aryl methyl sites for hydroxylation is 1. The molecule has 0 spiro atoms. The Labute approximate surface area is 270 Å². The minimum atomic E-state index is -0.823. The molecule has 7 rings (SSSR count). The topological polar surface area (TPSA) is 148 Å². The molecule has 5 heterocycles. The molecule has 13 heteroatoms. The fourth-order valence-electron chi connectivity index (χ4n) is 8.23. The van der Waals surface area contributed by atoms with Crippen LogP contribution in [0.4, 0.5) is 0 Å². The summed E-state index contributed by atoms with van der Waals surface area (Å²) in [6.07, 6.45) is 0.323. The summed E-state index contributed by atoms with van der Waals surface area (Å²) in [5, 5.41) is 22.2. The lowest BCUT2D eigenvalue weighted by atomic mass is 9.71. The van der Waals surface area contributed by atoms with E-state index in [-0.39, 0.29) is 31.0 Å². The number of hydrogen-bond donors (Lipinski definition) is 1. The number of esters is 2. The van der Waals surface area contributed by atoms with Crippen LogP contribution >= 0.6 is 11.8 Å². The number of piperazine rings is 1. The molecule has 3 unspecified atom stereocenters. The number of nitrogens with zero attached hydrogens (tertiary/aromatic N) is 3. The van der Waals surface area contributed by atoms with Crippen molar-refractivity contribution in [1.29, 1.82) is 5.26 Å². The summed E-state index contributed by atoms with van der Waals surface area (Å²) in [6, 6.07) is 1.01. The maximum Gasteiger partial charge on any atom is 0.309 e. The van der Waals surface area contributed by atoms with Gasteiger partial charge in [-0.1, -0.05) is 13.0 Å².